The molecule has 0 saturated carbocycles. The third-order valence-corrected chi connectivity index (χ3v) is 3.38. The van der Waals surface area contributed by atoms with Crippen molar-refractivity contribution in [3.63, 3.8) is 0 Å². The molecule has 0 aliphatic heterocycles. The molecule has 7 nitrogen and oxygen atoms in total. The van der Waals surface area contributed by atoms with Gasteiger partial charge in [0.05, 0.1) is 18.1 Å². The molecule has 0 heterocycles. The average molecular weight is 330 g/mol. The highest BCUT2D eigenvalue weighted by Gasteiger charge is 2.17. The molecule has 0 saturated heterocycles. The highest BCUT2D eigenvalue weighted by Crippen LogP contribution is 2.28. The smallest absolute Gasteiger partial charge is 0.296 e. The number of ether oxygens (including phenoxy) is 2. The van der Waals surface area contributed by atoms with Crippen LogP contribution in [0.2, 0.25) is 0 Å². The van der Waals surface area contributed by atoms with Gasteiger partial charge in [-0.1, -0.05) is 19.1 Å². The van der Waals surface area contributed by atoms with Crippen molar-refractivity contribution in [1.29, 1.82) is 0 Å². The lowest BCUT2D eigenvalue weighted by molar-refractivity contribution is -0.384. The van der Waals surface area contributed by atoms with Crippen LogP contribution in [-0.2, 0) is 11.2 Å². The van der Waals surface area contributed by atoms with Gasteiger partial charge in [0.25, 0.3) is 11.6 Å². The Morgan fingerprint density at radius 3 is 2.42 bits per heavy atom. The number of carbonyl (C=O) groups excluding carboxylic acids is 1. The number of hydrogen-bond donors (Lipinski definition) is 1. The molecule has 126 valence electrons. The van der Waals surface area contributed by atoms with Crippen LogP contribution < -0.4 is 14.8 Å². The number of anilines is 1. The molecular weight excluding hydrogens is 312 g/mol. The number of methoxy groups -OCH3 is 1. The molecule has 1 N–H and O–H groups in total. The van der Waals surface area contributed by atoms with Gasteiger partial charge in [-0.2, -0.15) is 0 Å². The second-order valence-electron chi connectivity index (χ2n) is 4.97. The first kappa shape index (κ1) is 17.3. The van der Waals surface area contributed by atoms with Crippen LogP contribution in [0.15, 0.2) is 42.5 Å². The van der Waals surface area contributed by atoms with Gasteiger partial charge in [-0.25, -0.2) is 0 Å². The van der Waals surface area contributed by atoms with Crippen LogP contribution in [0.25, 0.3) is 0 Å². The van der Waals surface area contributed by atoms with E-state index in [0.717, 1.165) is 6.42 Å². The van der Waals surface area contributed by atoms with Crippen LogP contribution in [-0.4, -0.2) is 24.5 Å². The Morgan fingerprint density at radius 1 is 1.17 bits per heavy atom. The van der Waals surface area contributed by atoms with Gasteiger partial charge in [0.1, 0.15) is 17.2 Å². The maximum absolute atomic E-state index is 11.9. The van der Waals surface area contributed by atoms with E-state index < -0.39 is 10.8 Å². The molecule has 0 aromatic heterocycles. The lowest BCUT2D eigenvalue weighted by atomic mass is 10.2. The zero-order valence-electron chi connectivity index (χ0n) is 13.4. The van der Waals surface area contributed by atoms with E-state index in [4.69, 9.17) is 9.47 Å². The van der Waals surface area contributed by atoms with Gasteiger partial charge < -0.3 is 14.8 Å². The summed E-state index contributed by atoms with van der Waals surface area (Å²) in [5.41, 5.74) is 1.02. The van der Waals surface area contributed by atoms with Crippen LogP contribution in [0.1, 0.15) is 12.5 Å². The maximum Gasteiger partial charge on any atom is 0.296 e. The van der Waals surface area contributed by atoms with Gasteiger partial charge in [0.15, 0.2) is 6.61 Å². The van der Waals surface area contributed by atoms with Gasteiger partial charge in [0.2, 0.25) is 0 Å². The fourth-order valence-corrected chi connectivity index (χ4v) is 2.05. The summed E-state index contributed by atoms with van der Waals surface area (Å²) in [6.45, 7) is 1.81. The molecule has 2 aromatic carbocycles. The van der Waals surface area contributed by atoms with Gasteiger partial charge >= 0.3 is 0 Å². The zero-order chi connectivity index (χ0) is 17.5. The van der Waals surface area contributed by atoms with Gasteiger partial charge in [-0.3, -0.25) is 14.9 Å². The summed E-state index contributed by atoms with van der Waals surface area (Å²) in [6.07, 6.45) is 0.919. The molecule has 0 aliphatic rings. The molecule has 2 rings (SSSR count). The summed E-state index contributed by atoms with van der Waals surface area (Å²) in [6, 6.07) is 11.6. The summed E-state index contributed by atoms with van der Waals surface area (Å²) in [7, 11) is 1.41. The number of amides is 1. The predicted molar refractivity (Wildman–Crippen MR) is 89.6 cm³/mol. The zero-order valence-corrected chi connectivity index (χ0v) is 13.4. The molecule has 24 heavy (non-hydrogen) atoms. The second-order valence-corrected chi connectivity index (χ2v) is 4.97. The lowest BCUT2D eigenvalue weighted by Gasteiger charge is -2.09. The Balaban J connectivity index is 2.00. The van der Waals surface area contributed by atoms with Crippen molar-refractivity contribution in [2.24, 2.45) is 0 Å². The minimum atomic E-state index is -0.581. The lowest BCUT2D eigenvalue weighted by Crippen LogP contribution is -2.20. The quantitative estimate of drug-likeness (QED) is 0.622. The van der Waals surface area contributed by atoms with Crippen molar-refractivity contribution >= 4 is 17.3 Å². The summed E-state index contributed by atoms with van der Waals surface area (Å²) in [5, 5.41) is 13.6. The topological polar surface area (TPSA) is 90.7 Å². The Hall–Kier alpha value is -3.09. The molecule has 1 amide bonds. The van der Waals surface area contributed by atoms with E-state index in [0.29, 0.717) is 11.5 Å². The van der Waals surface area contributed by atoms with E-state index in [1.54, 1.807) is 12.1 Å². The van der Waals surface area contributed by atoms with E-state index in [1.165, 1.54) is 30.9 Å². The van der Waals surface area contributed by atoms with Gasteiger partial charge in [0, 0.05) is 0 Å². The van der Waals surface area contributed by atoms with Crippen molar-refractivity contribution in [2.45, 2.75) is 13.3 Å². The van der Waals surface area contributed by atoms with Crippen LogP contribution in [0.5, 0.6) is 11.5 Å². The van der Waals surface area contributed by atoms with E-state index in [-0.39, 0.29) is 18.0 Å². The van der Waals surface area contributed by atoms with Crippen molar-refractivity contribution in [2.75, 3.05) is 19.0 Å². The highest BCUT2D eigenvalue weighted by molar-refractivity contribution is 5.94. The van der Waals surface area contributed by atoms with E-state index in [1.807, 2.05) is 19.1 Å². The fraction of sp³-hybridized carbons (Fsp3) is 0.235. The molecule has 0 unspecified atom stereocenters. The van der Waals surface area contributed by atoms with Crippen LogP contribution in [0, 0.1) is 10.1 Å². The standard InChI is InChI=1S/C17H18N2O5/c1-3-12-4-6-13(7-5-12)24-11-17(20)18-15-9-8-14(23-2)10-16(15)19(21)22/h4-10H,3,11H2,1-2H3,(H,18,20). The van der Waals surface area contributed by atoms with E-state index in [2.05, 4.69) is 5.32 Å². The average Bonchev–Trinajstić information content (AvgIpc) is 2.60. The molecule has 0 atom stereocenters. The minimum absolute atomic E-state index is 0.0933. The maximum atomic E-state index is 11.9. The first-order chi connectivity index (χ1) is 11.5. The summed E-state index contributed by atoms with van der Waals surface area (Å²) >= 11 is 0. The summed E-state index contributed by atoms with van der Waals surface area (Å²) < 4.78 is 10.3. The molecule has 2 aromatic rings. The van der Waals surface area contributed by atoms with Crippen LogP contribution >= 0.6 is 0 Å². The normalized spacial score (nSPS) is 10.1. The number of carbonyl (C=O) groups is 1. The molecule has 0 spiro atoms. The van der Waals surface area contributed by atoms with E-state index >= 15 is 0 Å². The second kappa shape index (κ2) is 7.96. The Morgan fingerprint density at radius 2 is 1.83 bits per heavy atom. The number of rotatable bonds is 7. The Labute approximate surface area is 139 Å². The monoisotopic (exact) mass is 330 g/mol. The SMILES string of the molecule is CCc1ccc(OCC(=O)Nc2ccc(OC)cc2[N+](=O)[O-])cc1. The highest BCUT2D eigenvalue weighted by atomic mass is 16.6. The number of nitrogens with zero attached hydrogens (tertiary/aromatic N) is 1. The first-order valence-electron chi connectivity index (χ1n) is 7.37. The fourth-order valence-electron chi connectivity index (χ4n) is 2.05. The number of nitrogens with one attached hydrogen (secondary N) is 1. The number of nitro groups is 1. The van der Waals surface area contributed by atoms with Crippen molar-refractivity contribution in [3.05, 3.63) is 58.1 Å². The molecule has 7 heteroatoms. The van der Waals surface area contributed by atoms with Crippen LogP contribution in [0.4, 0.5) is 11.4 Å². The molecular formula is C17H18N2O5. The summed E-state index contributed by atoms with van der Waals surface area (Å²) in [5.74, 6) is 0.418. The Bertz CT molecular complexity index is 728. The number of hydrogen-bond acceptors (Lipinski definition) is 5. The molecule has 0 aliphatic carbocycles. The number of benzene rings is 2. The van der Waals surface area contributed by atoms with Gasteiger partial charge in [-0.05, 0) is 36.2 Å². The Kier molecular flexibility index (Phi) is 5.73. The largest absolute Gasteiger partial charge is 0.496 e. The summed E-state index contributed by atoms with van der Waals surface area (Å²) in [4.78, 5) is 22.4. The third kappa shape index (κ3) is 4.45. The third-order valence-electron chi connectivity index (χ3n) is 3.38. The molecule has 0 bridgehead atoms. The van der Waals surface area contributed by atoms with Crippen molar-refractivity contribution in [3.8, 4) is 11.5 Å². The molecule has 0 radical (unpaired) electrons. The minimum Gasteiger partial charge on any atom is -0.496 e. The van der Waals surface area contributed by atoms with Gasteiger partial charge in [-0.15, -0.1) is 0 Å². The number of nitro benzene ring substituents is 1. The predicted octanol–water partition coefficient (Wildman–Crippen LogP) is 3.18. The molecule has 0 fully saturated rings. The number of aryl methyl sites for hydroxylation is 1. The van der Waals surface area contributed by atoms with Crippen molar-refractivity contribution in [1.82, 2.24) is 0 Å². The van der Waals surface area contributed by atoms with Crippen LogP contribution in [0.3, 0.4) is 0 Å². The van der Waals surface area contributed by atoms with E-state index in [9.17, 15) is 14.9 Å². The first-order valence-corrected chi connectivity index (χ1v) is 7.37. The van der Waals surface area contributed by atoms with Crippen molar-refractivity contribution < 1.29 is 19.2 Å².